The minimum absolute atomic E-state index is 0.0171. The monoisotopic (exact) mass is 392 g/mol. The molecule has 3 atom stereocenters. The van der Waals surface area contributed by atoms with Crippen LogP contribution in [0, 0.1) is 5.92 Å². The van der Waals surface area contributed by atoms with E-state index >= 15 is 0 Å². The Kier molecular flexibility index (Phi) is 6.92. The molecule has 1 amide bonds. The van der Waals surface area contributed by atoms with Crippen molar-refractivity contribution in [3.05, 3.63) is 0 Å². The molecule has 0 aliphatic heterocycles. The van der Waals surface area contributed by atoms with Crippen molar-refractivity contribution in [2.45, 2.75) is 56.6 Å². The molecular formula is C13H20ClF3N2O4S. The number of nitrogens with zero attached hydrogens (tertiary/aromatic N) is 1. The molecule has 1 fully saturated rings. The molecule has 0 bridgehead atoms. The van der Waals surface area contributed by atoms with E-state index in [-0.39, 0.29) is 25.0 Å². The first-order valence-corrected chi connectivity index (χ1v) is 9.43. The summed E-state index contributed by atoms with van der Waals surface area (Å²) in [5, 5.41) is 8.95. The van der Waals surface area contributed by atoms with Gasteiger partial charge < -0.3 is 10.4 Å². The van der Waals surface area contributed by atoms with Gasteiger partial charge in [-0.3, -0.25) is 4.99 Å². The Morgan fingerprint density at radius 3 is 2.42 bits per heavy atom. The maximum atomic E-state index is 12.5. The number of nitrogens with one attached hydrogen (secondary N) is 1. The quantitative estimate of drug-likeness (QED) is 0.703. The predicted octanol–water partition coefficient (Wildman–Crippen LogP) is 2.81. The zero-order valence-electron chi connectivity index (χ0n) is 13.2. The summed E-state index contributed by atoms with van der Waals surface area (Å²) in [6, 6.07) is -1.44. The lowest BCUT2D eigenvalue weighted by molar-refractivity contribution is -0.0563. The number of sulfone groups is 1. The first-order valence-electron chi connectivity index (χ1n) is 7.34. The van der Waals surface area contributed by atoms with Crippen LogP contribution in [0.4, 0.5) is 18.0 Å². The Bertz CT molecular complexity index is 593. The lowest BCUT2D eigenvalue weighted by Gasteiger charge is -2.34. The van der Waals surface area contributed by atoms with Gasteiger partial charge in [-0.15, -0.1) is 0 Å². The van der Waals surface area contributed by atoms with Crippen LogP contribution >= 0.6 is 11.6 Å². The lowest BCUT2D eigenvalue weighted by atomic mass is 9.83. The summed E-state index contributed by atoms with van der Waals surface area (Å²) in [6.45, 7) is 2.99. The maximum absolute atomic E-state index is 12.5. The fourth-order valence-corrected chi connectivity index (χ4v) is 4.10. The normalized spacial score (nSPS) is 26.5. The number of halogens is 4. The van der Waals surface area contributed by atoms with E-state index in [0.717, 1.165) is 0 Å². The largest absolute Gasteiger partial charge is 0.465 e. The molecule has 0 aromatic carbocycles. The van der Waals surface area contributed by atoms with Gasteiger partial charge in [0.05, 0.1) is 17.0 Å². The number of hydrogen-bond acceptors (Lipinski definition) is 4. The molecule has 1 aliphatic carbocycles. The summed E-state index contributed by atoms with van der Waals surface area (Å²) >= 11 is 5.14. The van der Waals surface area contributed by atoms with Gasteiger partial charge >= 0.3 is 12.3 Å². The number of hydrogen-bond donors (Lipinski definition) is 2. The van der Waals surface area contributed by atoms with E-state index in [9.17, 15) is 26.4 Å². The third-order valence-corrected chi connectivity index (χ3v) is 6.60. The van der Waals surface area contributed by atoms with Crippen molar-refractivity contribution in [1.82, 2.24) is 5.32 Å². The fourth-order valence-electron chi connectivity index (χ4n) is 2.61. The molecule has 0 aromatic heterocycles. The SMILES string of the molecule is CC(C)S(=O)(=O)CC1C[C@H](N=C(Cl)C(F)(F)F)CCC1NC(=O)O. The second-order valence-electron chi connectivity index (χ2n) is 6.08. The molecule has 2 unspecified atom stereocenters. The van der Waals surface area contributed by atoms with Gasteiger partial charge in [0.1, 0.15) is 0 Å². The van der Waals surface area contributed by atoms with Gasteiger partial charge in [0.25, 0.3) is 0 Å². The summed E-state index contributed by atoms with van der Waals surface area (Å²) in [6.07, 6.45) is -5.65. The van der Waals surface area contributed by atoms with Crippen molar-refractivity contribution in [1.29, 1.82) is 0 Å². The Hall–Kier alpha value is -1.03. The standard InChI is InChI=1S/C13H20ClF3N2O4S/c1-7(2)24(22,23)6-8-5-9(18-11(14)13(15,16)17)3-4-10(8)19-12(20)21/h7-10,19H,3-6H2,1-2H3,(H,20,21)/t8?,9-,10?/m1/s1. The van der Waals surface area contributed by atoms with Crippen molar-refractivity contribution >= 4 is 32.7 Å². The summed E-state index contributed by atoms with van der Waals surface area (Å²) in [5.74, 6) is -0.973. The van der Waals surface area contributed by atoms with E-state index in [1.807, 2.05) is 0 Å². The van der Waals surface area contributed by atoms with E-state index in [4.69, 9.17) is 16.7 Å². The number of aliphatic imine (C=N–C) groups is 1. The van der Waals surface area contributed by atoms with Crippen LogP contribution in [0.2, 0.25) is 0 Å². The summed E-state index contributed by atoms with van der Waals surface area (Å²) in [5.41, 5.74) is 0. The molecule has 6 nitrogen and oxygen atoms in total. The zero-order valence-corrected chi connectivity index (χ0v) is 14.7. The Balaban J connectivity index is 2.96. The van der Waals surface area contributed by atoms with Crippen LogP contribution in [-0.4, -0.2) is 54.1 Å². The van der Waals surface area contributed by atoms with Crippen LogP contribution < -0.4 is 5.32 Å². The van der Waals surface area contributed by atoms with E-state index < -0.39 is 50.5 Å². The Morgan fingerprint density at radius 2 is 1.96 bits per heavy atom. The average molecular weight is 393 g/mol. The van der Waals surface area contributed by atoms with Crippen LogP contribution in [-0.2, 0) is 9.84 Å². The topological polar surface area (TPSA) is 95.8 Å². The summed E-state index contributed by atoms with van der Waals surface area (Å²) in [7, 11) is -3.48. The van der Waals surface area contributed by atoms with Gasteiger partial charge in [-0.2, -0.15) is 13.2 Å². The highest BCUT2D eigenvalue weighted by Crippen LogP contribution is 2.31. The minimum atomic E-state index is -4.75. The average Bonchev–Trinajstić information content (AvgIpc) is 2.39. The van der Waals surface area contributed by atoms with Crippen molar-refractivity contribution in [3.63, 3.8) is 0 Å². The van der Waals surface area contributed by atoms with Crippen molar-refractivity contribution < 1.29 is 31.5 Å². The summed E-state index contributed by atoms with van der Waals surface area (Å²) in [4.78, 5) is 14.3. The van der Waals surface area contributed by atoms with E-state index in [0.29, 0.717) is 0 Å². The molecular weight excluding hydrogens is 373 g/mol. The highest BCUT2D eigenvalue weighted by Gasteiger charge is 2.38. The molecule has 24 heavy (non-hydrogen) atoms. The predicted molar refractivity (Wildman–Crippen MR) is 84.3 cm³/mol. The van der Waals surface area contributed by atoms with Gasteiger partial charge in [-0.25, -0.2) is 13.2 Å². The van der Waals surface area contributed by atoms with E-state index in [2.05, 4.69) is 10.3 Å². The van der Waals surface area contributed by atoms with E-state index in [1.165, 1.54) is 13.8 Å². The minimum Gasteiger partial charge on any atom is -0.465 e. The highest BCUT2D eigenvalue weighted by molar-refractivity contribution is 7.91. The lowest BCUT2D eigenvalue weighted by Crippen LogP contribution is -2.47. The van der Waals surface area contributed by atoms with Crippen molar-refractivity contribution in [2.24, 2.45) is 10.9 Å². The maximum Gasteiger partial charge on any atom is 0.444 e. The van der Waals surface area contributed by atoms with Crippen LogP contribution in [0.15, 0.2) is 4.99 Å². The summed E-state index contributed by atoms with van der Waals surface area (Å²) < 4.78 is 61.6. The first kappa shape index (κ1) is 21.0. The van der Waals surface area contributed by atoms with Crippen LogP contribution in [0.5, 0.6) is 0 Å². The molecule has 0 aromatic rings. The van der Waals surface area contributed by atoms with Gasteiger partial charge in [-0.1, -0.05) is 11.6 Å². The van der Waals surface area contributed by atoms with E-state index in [1.54, 1.807) is 0 Å². The van der Waals surface area contributed by atoms with Gasteiger partial charge in [0, 0.05) is 6.04 Å². The number of carboxylic acid groups (broad SMARTS) is 1. The molecule has 0 saturated heterocycles. The van der Waals surface area contributed by atoms with Crippen LogP contribution in [0.1, 0.15) is 33.1 Å². The third kappa shape index (κ3) is 6.12. The first-order chi connectivity index (χ1) is 10.8. The number of alkyl halides is 3. The molecule has 0 radical (unpaired) electrons. The third-order valence-electron chi connectivity index (χ3n) is 3.96. The molecule has 2 N–H and O–H groups in total. The Labute approximate surface area is 143 Å². The molecule has 140 valence electrons. The van der Waals surface area contributed by atoms with Crippen molar-refractivity contribution in [2.75, 3.05) is 5.75 Å². The number of rotatable bonds is 5. The second-order valence-corrected chi connectivity index (χ2v) is 9.04. The van der Waals surface area contributed by atoms with Gasteiger partial charge in [0.2, 0.25) is 5.17 Å². The zero-order chi connectivity index (χ0) is 18.7. The van der Waals surface area contributed by atoms with Crippen LogP contribution in [0.3, 0.4) is 0 Å². The molecule has 1 rings (SSSR count). The van der Waals surface area contributed by atoms with Crippen LogP contribution in [0.25, 0.3) is 0 Å². The fraction of sp³-hybridized carbons (Fsp3) is 0.846. The highest BCUT2D eigenvalue weighted by atomic mass is 35.5. The molecule has 0 spiro atoms. The molecule has 11 heteroatoms. The number of carbonyl (C=O) groups is 1. The number of amides is 1. The molecule has 0 heterocycles. The van der Waals surface area contributed by atoms with Gasteiger partial charge in [-0.05, 0) is 39.0 Å². The molecule has 1 aliphatic rings. The molecule has 1 saturated carbocycles. The van der Waals surface area contributed by atoms with Gasteiger partial charge in [0.15, 0.2) is 9.84 Å². The Morgan fingerprint density at radius 1 is 1.38 bits per heavy atom. The van der Waals surface area contributed by atoms with Crippen molar-refractivity contribution in [3.8, 4) is 0 Å². The second kappa shape index (κ2) is 7.90. The smallest absolute Gasteiger partial charge is 0.444 e.